The zero-order chi connectivity index (χ0) is 17.8. The van der Waals surface area contributed by atoms with Crippen molar-refractivity contribution in [2.24, 2.45) is 4.99 Å². The number of aliphatic imine (C=N–C) groups is 1. The monoisotopic (exact) mass is 469 g/mol. The molecule has 1 aromatic carbocycles. The summed E-state index contributed by atoms with van der Waals surface area (Å²) in [5.41, 5.74) is 1.07. The number of cyclic esters (lactones) is 1. The summed E-state index contributed by atoms with van der Waals surface area (Å²) in [6, 6.07) is 7.50. The van der Waals surface area contributed by atoms with E-state index in [0.29, 0.717) is 24.0 Å². The number of thiophene rings is 1. The van der Waals surface area contributed by atoms with Crippen LogP contribution in [0.2, 0.25) is 0 Å². The largest absolute Gasteiger partial charge is 0.493 e. The highest BCUT2D eigenvalue weighted by atomic mass is 127. The number of esters is 1. The molecule has 1 aliphatic rings. The van der Waals surface area contributed by atoms with Gasteiger partial charge in [-0.15, -0.1) is 11.3 Å². The molecule has 1 aliphatic heterocycles. The highest BCUT2D eigenvalue weighted by Crippen LogP contribution is 2.35. The Labute approximate surface area is 163 Å². The lowest BCUT2D eigenvalue weighted by molar-refractivity contribution is -0.129. The molecule has 0 amide bonds. The SMILES string of the molecule is CCCOc1c(I)cc(/C=C2/N=C(c3cccs3)OC2=O)cc1OC. The van der Waals surface area contributed by atoms with E-state index in [-0.39, 0.29) is 5.70 Å². The Morgan fingerprint density at radius 3 is 2.92 bits per heavy atom. The molecule has 25 heavy (non-hydrogen) atoms. The predicted octanol–water partition coefficient (Wildman–Crippen LogP) is 4.49. The molecule has 0 saturated carbocycles. The van der Waals surface area contributed by atoms with Gasteiger partial charge >= 0.3 is 5.97 Å². The molecule has 0 unspecified atom stereocenters. The number of rotatable bonds is 6. The maximum Gasteiger partial charge on any atom is 0.363 e. The number of carbonyl (C=O) groups is 1. The van der Waals surface area contributed by atoms with Gasteiger partial charge in [0.25, 0.3) is 0 Å². The number of benzene rings is 1. The fourth-order valence-corrected chi connectivity index (χ4v) is 3.67. The van der Waals surface area contributed by atoms with Crippen LogP contribution in [-0.2, 0) is 9.53 Å². The molecular weight excluding hydrogens is 453 g/mol. The van der Waals surface area contributed by atoms with Crippen molar-refractivity contribution in [1.29, 1.82) is 0 Å². The topological polar surface area (TPSA) is 57.1 Å². The van der Waals surface area contributed by atoms with Gasteiger partial charge < -0.3 is 14.2 Å². The lowest BCUT2D eigenvalue weighted by atomic mass is 10.1. The van der Waals surface area contributed by atoms with E-state index in [1.807, 2.05) is 36.6 Å². The third kappa shape index (κ3) is 4.04. The van der Waals surface area contributed by atoms with E-state index in [0.717, 1.165) is 20.4 Å². The molecule has 0 radical (unpaired) electrons. The molecule has 7 heteroatoms. The first-order valence-electron chi connectivity index (χ1n) is 7.69. The summed E-state index contributed by atoms with van der Waals surface area (Å²) in [4.78, 5) is 17.2. The minimum absolute atomic E-state index is 0.267. The Morgan fingerprint density at radius 1 is 1.40 bits per heavy atom. The van der Waals surface area contributed by atoms with Crippen LogP contribution >= 0.6 is 33.9 Å². The number of hydrogen-bond donors (Lipinski definition) is 0. The molecule has 3 rings (SSSR count). The second kappa shape index (κ2) is 8.01. The minimum atomic E-state index is -0.455. The van der Waals surface area contributed by atoms with E-state index in [1.54, 1.807) is 13.2 Å². The van der Waals surface area contributed by atoms with Gasteiger partial charge in [0, 0.05) is 0 Å². The van der Waals surface area contributed by atoms with Crippen LogP contribution in [0, 0.1) is 3.57 Å². The lowest BCUT2D eigenvalue weighted by Crippen LogP contribution is -2.03. The van der Waals surface area contributed by atoms with Gasteiger partial charge in [0.15, 0.2) is 17.2 Å². The van der Waals surface area contributed by atoms with Crippen LogP contribution in [-0.4, -0.2) is 25.6 Å². The van der Waals surface area contributed by atoms with Gasteiger partial charge in [-0.3, -0.25) is 0 Å². The standard InChI is InChI=1S/C18H16INO4S/c1-3-6-23-16-12(19)8-11(10-14(16)22-2)9-13-18(21)24-17(20-13)15-5-4-7-25-15/h4-5,7-10H,3,6H2,1-2H3/b13-9+. The molecule has 0 fully saturated rings. The molecule has 0 atom stereocenters. The highest BCUT2D eigenvalue weighted by Gasteiger charge is 2.25. The molecule has 0 bridgehead atoms. The molecule has 130 valence electrons. The zero-order valence-electron chi connectivity index (χ0n) is 13.7. The van der Waals surface area contributed by atoms with Crippen molar-refractivity contribution >= 4 is 51.9 Å². The van der Waals surface area contributed by atoms with Crippen LogP contribution in [0.3, 0.4) is 0 Å². The van der Waals surface area contributed by atoms with Gasteiger partial charge in [0.05, 0.1) is 22.2 Å². The Kier molecular flexibility index (Phi) is 5.74. The Bertz CT molecular complexity index is 843. The maximum absolute atomic E-state index is 12.1. The molecule has 1 aromatic heterocycles. The number of nitrogens with zero attached hydrogens (tertiary/aromatic N) is 1. The first-order chi connectivity index (χ1) is 12.1. The summed E-state index contributed by atoms with van der Waals surface area (Å²) >= 11 is 3.67. The summed E-state index contributed by atoms with van der Waals surface area (Å²) in [5.74, 6) is 1.23. The average molecular weight is 469 g/mol. The molecule has 2 aromatic rings. The molecular formula is C18H16INO4S. The van der Waals surface area contributed by atoms with Crippen molar-refractivity contribution in [1.82, 2.24) is 0 Å². The molecule has 0 spiro atoms. The van der Waals surface area contributed by atoms with Gasteiger partial charge in [-0.2, -0.15) is 0 Å². The smallest absolute Gasteiger partial charge is 0.363 e. The Hall–Kier alpha value is -1.87. The van der Waals surface area contributed by atoms with Crippen LogP contribution in [0.1, 0.15) is 23.8 Å². The van der Waals surface area contributed by atoms with E-state index >= 15 is 0 Å². The van der Waals surface area contributed by atoms with Crippen molar-refractivity contribution in [3.8, 4) is 11.5 Å². The van der Waals surface area contributed by atoms with Crippen LogP contribution in [0.15, 0.2) is 40.3 Å². The van der Waals surface area contributed by atoms with Crippen LogP contribution < -0.4 is 9.47 Å². The number of halogens is 1. The fourth-order valence-electron chi connectivity index (χ4n) is 2.24. The Morgan fingerprint density at radius 2 is 2.24 bits per heavy atom. The van der Waals surface area contributed by atoms with Gasteiger partial charge in [0.1, 0.15) is 0 Å². The van der Waals surface area contributed by atoms with E-state index in [4.69, 9.17) is 14.2 Å². The second-order valence-electron chi connectivity index (χ2n) is 5.20. The van der Waals surface area contributed by atoms with E-state index in [9.17, 15) is 4.79 Å². The van der Waals surface area contributed by atoms with Crippen LogP contribution in [0.5, 0.6) is 11.5 Å². The summed E-state index contributed by atoms with van der Waals surface area (Å²) in [6.07, 6.45) is 2.61. The normalized spacial score (nSPS) is 15.2. The summed E-state index contributed by atoms with van der Waals surface area (Å²) in [7, 11) is 1.60. The third-order valence-corrected chi connectivity index (χ3v) is 5.02. The van der Waals surface area contributed by atoms with Crippen LogP contribution in [0.25, 0.3) is 6.08 Å². The first-order valence-corrected chi connectivity index (χ1v) is 9.65. The average Bonchev–Trinajstić information content (AvgIpc) is 3.24. The van der Waals surface area contributed by atoms with Gasteiger partial charge in [-0.1, -0.05) is 13.0 Å². The van der Waals surface area contributed by atoms with Crippen molar-refractivity contribution in [2.45, 2.75) is 13.3 Å². The first kappa shape index (κ1) is 17.9. The molecule has 2 heterocycles. The number of carbonyl (C=O) groups excluding carboxylic acids is 1. The highest BCUT2D eigenvalue weighted by molar-refractivity contribution is 14.1. The van der Waals surface area contributed by atoms with Crippen molar-refractivity contribution < 1.29 is 19.0 Å². The van der Waals surface area contributed by atoms with Crippen LogP contribution in [0.4, 0.5) is 0 Å². The second-order valence-corrected chi connectivity index (χ2v) is 7.31. The fraction of sp³-hybridized carbons (Fsp3) is 0.222. The van der Waals surface area contributed by atoms with Gasteiger partial charge in [-0.25, -0.2) is 9.79 Å². The quantitative estimate of drug-likeness (QED) is 0.356. The van der Waals surface area contributed by atoms with E-state index < -0.39 is 5.97 Å². The van der Waals surface area contributed by atoms with Crippen molar-refractivity contribution in [2.75, 3.05) is 13.7 Å². The van der Waals surface area contributed by atoms with Gasteiger partial charge in [0.2, 0.25) is 5.90 Å². The molecule has 0 saturated heterocycles. The summed E-state index contributed by atoms with van der Waals surface area (Å²) in [5, 5.41) is 1.91. The third-order valence-electron chi connectivity index (χ3n) is 3.36. The number of hydrogen-bond acceptors (Lipinski definition) is 6. The lowest BCUT2D eigenvalue weighted by Gasteiger charge is -2.13. The maximum atomic E-state index is 12.1. The molecule has 5 nitrogen and oxygen atoms in total. The van der Waals surface area contributed by atoms with E-state index in [1.165, 1.54) is 11.3 Å². The summed E-state index contributed by atoms with van der Waals surface area (Å²) in [6.45, 7) is 2.67. The zero-order valence-corrected chi connectivity index (χ0v) is 16.7. The number of methoxy groups -OCH3 is 1. The minimum Gasteiger partial charge on any atom is -0.493 e. The van der Waals surface area contributed by atoms with Crippen molar-refractivity contribution in [3.63, 3.8) is 0 Å². The molecule has 0 aliphatic carbocycles. The van der Waals surface area contributed by atoms with Gasteiger partial charge in [-0.05, 0) is 64.2 Å². The molecule has 0 N–H and O–H groups in total. The predicted molar refractivity (Wildman–Crippen MR) is 106 cm³/mol. The summed E-state index contributed by atoms with van der Waals surface area (Å²) < 4.78 is 17.3. The number of ether oxygens (including phenoxy) is 3. The Balaban J connectivity index is 1.93. The van der Waals surface area contributed by atoms with Crippen molar-refractivity contribution in [3.05, 3.63) is 49.4 Å². The van der Waals surface area contributed by atoms with E-state index in [2.05, 4.69) is 27.6 Å².